The van der Waals surface area contributed by atoms with Crippen molar-refractivity contribution in [2.45, 2.75) is 34.1 Å². The van der Waals surface area contributed by atoms with Gasteiger partial charge in [0.2, 0.25) is 0 Å². The smallest absolute Gasteiger partial charge is 0.116 e. The van der Waals surface area contributed by atoms with Gasteiger partial charge in [-0.15, -0.1) is 24.0 Å². The van der Waals surface area contributed by atoms with Gasteiger partial charge in [0, 0.05) is 0 Å². The van der Waals surface area contributed by atoms with Gasteiger partial charge < -0.3 is 4.84 Å². The molecule has 2 N–H and O–H groups in total. The molecule has 0 unspecified atom stereocenters. The highest BCUT2D eigenvalue weighted by atomic mass is 127. The van der Waals surface area contributed by atoms with E-state index in [4.69, 9.17) is 5.90 Å². The first-order chi connectivity index (χ1) is 4.31. The number of allylic oxidation sites excluding steroid dienone is 2. The minimum atomic E-state index is 0. The normalized spacial score (nSPS) is 8.70. The molecule has 0 spiro atoms. The van der Waals surface area contributed by atoms with Gasteiger partial charge in [-0.05, 0) is 19.4 Å². The number of hydrogen-bond acceptors (Lipinski definition) is 2. The van der Waals surface area contributed by atoms with Crippen molar-refractivity contribution in [2.24, 2.45) is 5.90 Å². The maximum absolute atomic E-state index is 4.79. The third kappa shape index (κ3) is 15.7. The lowest BCUT2D eigenvalue weighted by Gasteiger charge is -1.92. The first-order valence-electron chi connectivity index (χ1n) is 3.34. The molecule has 0 saturated carbocycles. The zero-order valence-electron chi connectivity index (χ0n) is 7.18. The van der Waals surface area contributed by atoms with Gasteiger partial charge in [-0.3, -0.25) is 0 Å². The first kappa shape index (κ1) is 16.7. The van der Waals surface area contributed by atoms with E-state index < -0.39 is 0 Å². The highest BCUT2D eigenvalue weighted by Crippen LogP contribution is 1.90. The second kappa shape index (κ2) is 16.1. The van der Waals surface area contributed by atoms with Crippen molar-refractivity contribution in [3.05, 3.63) is 11.8 Å². The SMILES string of the molecule is CC.CC/C=C(/C)ON.I. The summed E-state index contributed by atoms with van der Waals surface area (Å²) in [6, 6.07) is 0. The minimum Gasteiger partial charge on any atom is -0.417 e. The van der Waals surface area contributed by atoms with Gasteiger partial charge in [-0.2, -0.15) is 5.90 Å². The summed E-state index contributed by atoms with van der Waals surface area (Å²) >= 11 is 0. The molecule has 0 atom stereocenters. The third-order valence-electron chi connectivity index (χ3n) is 0.677. The first-order valence-corrected chi connectivity index (χ1v) is 3.34. The molecular formula is C7H18INO. The quantitative estimate of drug-likeness (QED) is 0.470. The van der Waals surface area contributed by atoms with Gasteiger partial charge in [0.1, 0.15) is 5.76 Å². The number of halogens is 1. The van der Waals surface area contributed by atoms with E-state index in [-0.39, 0.29) is 24.0 Å². The lowest BCUT2D eigenvalue weighted by Crippen LogP contribution is -1.94. The van der Waals surface area contributed by atoms with Crippen LogP contribution in [0.15, 0.2) is 11.8 Å². The van der Waals surface area contributed by atoms with Crippen molar-refractivity contribution in [3.63, 3.8) is 0 Å². The van der Waals surface area contributed by atoms with Crippen LogP contribution in [0.2, 0.25) is 0 Å². The molecular weight excluding hydrogens is 241 g/mol. The molecule has 0 aliphatic heterocycles. The van der Waals surface area contributed by atoms with Gasteiger partial charge >= 0.3 is 0 Å². The largest absolute Gasteiger partial charge is 0.417 e. The van der Waals surface area contributed by atoms with Crippen LogP contribution < -0.4 is 5.90 Å². The minimum absolute atomic E-state index is 0. The molecule has 0 aliphatic rings. The molecule has 0 amide bonds. The van der Waals surface area contributed by atoms with Crippen LogP contribution >= 0.6 is 24.0 Å². The fourth-order valence-electron chi connectivity index (χ4n) is 0.336. The Morgan fingerprint density at radius 1 is 1.50 bits per heavy atom. The van der Waals surface area contributed by atoms with Crippen LogP contribution in [-0.4, -0.2) is 0 Å². The average molecular weight is 259 g/mol. The molecule has 0 aliphatic carbocycles. The van der Waals surface area contributed by atoms with E-state index in [9.17, 15) is 0 Å². The predicted octanol–water partition coefficient (Wildman–Crippen LogP) is 2.83. The summed E-state index contributed by atoms with van der Waals surface area (Å²) in [5, 5.41) is 0. The second-order valence-corrected chi connectivity index (χ2v) is 1.34. The number of hydrogen-bond donors (Lipinski definition) is 1. The van der Waals surface area contributed by atoms with E-state index >= 15 is 0 Å². The maximum Gasteiger partial charge on any atom is 0.116 e. The molecule has 0 bridgehead atoms. The van der Waals surface area contributed by atoms with Gasteiger partial charge in [-0.25, -0.2) is 0 Å². The molecule has 0 aromatic carbocycles. The average Bonchev–Trinajstić information content (AvgIpc) is 1.93. The Kier molecular flexibility index (Phi) is 26.9. The Hall–Kier alpha value is 0.230. The lowest BCUT2D eigenvalue weighted by molar-refractivity contribution is 0.221. The summed E-state index contributed by atoms with van der Waals surface area (Å²) in [7, 11) is 0. The maximum atomic E-state index is 4.79. The summed E-state index contributed by atoms with van der Waals surface area (Å²) in [6.07, 6.45) is 2.89. The van der Waals surface area contributed by atoms with E-state index in [1.54, 1.807) is 0 Å². The lowest BCUT2D eigenvalue weighted by atomic mass is 10.4. The van der Waals surface area contributed by atoms with Crippen molar-refractivity contribution >= 4 is 24.0 Å². The van der Waals surface area contributed by atoms with Crippen LogP contribution in [0, 0.1) is 0 Å². The summed E-state index contributed by atoms with van der Waals surface area (Å²) < 4.78 is 0. The van der Waals surface area contributed by atoms with E-state index in [0.29, 0.717) is 0 Å². The highest BCUT2D eigenvalue weighted by Gasteiger charge is 1.77. The summed E-state index contributed by atoms with van der Waals surface area (Å²) in [5.41, 5.74) is 0. The van der Waals surface area contributed by atoms with Crippen molar-refractivity contribution in [1.29, 1.82) is 0 Å². The molecule has 0 aromatic rings. The Morgan fingerprint density at radius 2 is 1.90 bits per heavy atom. The summed E-state index contributed by atoms with van der Waals surface area (Å²) in [6.45, 7) is 7.85. The van der Waals surface area contributed by atoms with Crippen LogP contribution in [0.5, 0.6) is 0 Å². The summed E-state index contributed by atoms with van der Waals surface area (Å²) in [4.78, 5) is 4.35. The van der Waals surface area contributed by atoms with Gasteiger partial charge in [0.25, 0.3) is 0 Å². The molecule has 0 heterocycles. The van der Waals surface area contributed by atoms with Gasteiger partial charge in [0.15, 0.2) is 0 Å². The third-order valence-corrected chi connectivity index (χ3v) is 0.677. The Balaban J connectivity index is -0.000000149. The van der Waals surface area contributed by atoms with Crippen molar-refractivity contribution in [1.82, 2.24) is 0 Å². The Labute approximate surface area is 80.8 Å². The number of nitrogens with two attached hydrogens (primary N) is 1. The monoisotopic (exact) mass is 259 g/mol. The molecule has 64 valence electrons. The molecule has 0 saturated heterocycles. The summed E-state index contributed by atoms with van der Waals surface area (Å²) in [5.74, 6) is 5.57. The van der Waals surface area contributed by atoms with Crippen LogP contribution in [0.1, 0.15) is 34.1 Å². The van der Waals surface area contributed by atoms with Crippen molar-refractivity contribution < 1.29 is 4.84 Å². The molecule has 10 heavy (non-hydrogen) atoms. The fourth-order valence-corrected chi connectivity index (χ4v) is 0.336. The van der Waals surface area contributed by atoms with Crippen LogP contribution in [0.3, 0.4) is 0 Å². The van der Waals surface area contributed by atoms with Crippen LogP contribution in [0.4, 0.5) is 0 Å². The van der Waals surface area contributed by atoms with E-state index in [1.807, 2.05) is 33.8 Å². The molecule has 0 rings (SSSR count). The molecule has 0 fully saturated rings. The van der Waals surface area contributed by atoms with Gasteiger partial charge in [0.05, 0.1) is 0 Å². The van der Waals surface area contributed by atoms with Crippen molar-refractivity contribution in [2.75, 3.05) is 0 Å². The molecule has 2 nitrogen and oxygen atoms in total. The molecule has 0 aromatic heterocycles. The van der Waals surface area contributed by atoms with E-state index in [0.717, 1.165) is 12.2 Å². The molecule has 3 heteroatoms. The highest BCUT2D eigenvalue weighted by molar-refractivity contribution is 14.0. The Bertz CT molecular complexity index is 74.0. The van der Waals surface area contributed by atoms with Crippen LogP contribution in [0.25, 0.3) is 0 Å². The standard InChI is InChI=1S/C5H11NO.C2H6.HI/c1-3-4-5(2)7-6;1-2;/h4H,3,6H2,1-2H3;1-2H3;1H/b5-4-;;. The topological polar surface area (TPSA) is 35.2 Å². The number of rotatable bonds is 2. The van der Waals surface area contributed by atoms with E-state index in [2.05, 4.69) is 4.84 Å². The fraction of sp³-hybridized carbons (Fsp3) is 0.714. The Morgan fingerprint density at radius 3 is 2.00 bits per heavy atom. The van der Waals surface area contributed by atoms with Crippen LogP contribution in [-0.2, 0) is 4.84 Å². The second-order valence-electron chi connectivity index (χ2n) is 1.34. The van der Waals surface area contributed by atoms with Gasteiger partial charge in [-0.1, -0.05) is 20.8 Å². The zero-order chi connectivity index (χ0) is 7.70. The zero-order valence-corrected chi connectivity index (χ0v) is 9.51. The van der Waals surface area contributed by atoms with Crippen molar-refractivity contribution in [3.8, 4) is 0 Å². The molecule has 0 radical (unpaired) electrons. The van der Waals surface area contributed by atoms with E-state index in [1.165, 1.54) is 0 Å². The predicted molar refractivity (Wildman–Crippen MR) is 56.1 cm³/mol.